The van der Waals surface area contributed by atoms with E-state index in [1.165, 1.54) is 4.90 Å². The van der Waals surface area contributed by atoms with Gasteiger partial charge in [0.2, 0.25) is 17.7 Å². The molecule has 6 atom stereocenters. The Kier molecular flexibility index (Phi) is 15.8. The van der Waals surface area contributed by atoms with Crippen LogP contribution in [0.3, 0.4) is 0 Å². The molecule has 4 N–H and O–H groups in total. The summed E-state index contributed by atoms with van der Waals surface area (Å²) in [7, 11) is 0. The zero-order chi connectivity index (χ0) is 48.9. The number of thiazole rings is 1. The van der Waals surface area contributed by atoms with E-state index in [0.29, 0.717) is 41.5 Å². The number of nitrogens with one attached hydrogen (secondary N) is 3. The number of hydrogen-bond acceptors (Lipinski definition) is 13. The predicted octanol–water partition coefficient (Wildman–Crippen LogP) is 5.52. The van der Waals surface area contributed by atoms with E-state index in [2.05, 4.69) is 35.7 Å². The van der Waals surface area contributed by atoms with Gasteiger partial charge >= 0.3 is 0 Å². The molecule has 0 bridgehead atoms. The lowest BCUT2D eigenvalue weighted by Gasteiger charge is -2.51. The van der Waals surface area contributed by atoms with Crippen LogP contribution < -0.4 is 25.6 Å². The summed E-state index contributed by atoms with van der Waals surface area (Å²) in [6.07, 6.45) is 1.31. The van der Waals surface area contributed by atoms with Gasteiger partial charge in [-0.1, -0.05) is 70.5 Å². The number of pyridine rings is 1. The number of halogens is 1. The fraction of sp³-hybridized carbons (Fsp3) is 0.500. The lowest BCUT2D eigenvalue weighted by molar-refractivity contribution is -0.144. The van der Waals surface area contributed by atoms with Crippen molar-refractivity contribution in [3.05, 3.63) is 93.7 Å². The number of aromatic nitrogens is 2. The summed E-state index contributed by atoms with van der Waals surface area (Å²) < 4.78 is 11.9. The molecule has 2 aromatic heterocycles. The first-order valence-electron chi connectivity index (χ1n) is 23.1. The van der Waals surface area contributed by atoms with Crippen LogP contribution in [0.1, 0.15) is 87.6 Å². The van der Waals surface area contributed by atoms with Crippen molar-refractivity contribution in [3.8, 4) is 22.3 Å². The SMILES string of the molecule is Cc1ncsc1-c1ccc([C@H](C)NC(=O)[C@@H]2C[C@@H](O)CN2C(=O)[C@@H](NC(=O)COCCN2CCN(c3ccc(C(=O)N[C@H]4CC(Oc5ccc(C#N)c(Cl)c5)C4(C)C)cn3)CC2)C(C)(C)C)cc1. The lowest BCUT2D eigenvalue weighted by atomic mass is 9.64. The molecule has 7 rings (SSSR count). The van der Waals surface area contributed by atoms with Gasteiger partial charge in [0.15, 0.2) is 0 Å². The quantitative estimate of drug-likeness (QED) is 0.103. The fourth-order valence-electron chi connectivity index (χ4n) is 8.88. The van der Waals surface area contributed by atoms with Gasteiger partial charge in [0.05, 0.1) is 51.0 Å². The van der Waals surface area contributed by atoms with Crippen LogP contribution in [0.25, 0.3) is 10.4 Å². The number of amides is 4. The molecule has 2 aromatic carbocycles. The number of nitriles is 1. The number of aliphatic hydroxyl groups is 1. The number of aliphatic hydroxyl groups excluding tert-OH is 1. The van der Waals surface area contributed by atoms with Crippen molar-refractivity contribution in [1.82, 2.24) is 35.7 Å². The number of nitrogens with zero attached hydrogens (tertiary/aromatic N) is 6. The second-order valence-corrected chi connectivity index (χ2v) is 20.9. The zero-order valence-corrected chi connectivity index (χ0v) is 41.3. The molecule has 1 aliphatic carbocycles. The normalized spacial score (nSPS) is 21.2. The first kappa shape index (κ1) is 50.2. The molecular weight excluding hydrogens is 906 g/mol. The van der Waals surface area contributed by atoms with Crippen LogP contribution in [0.15, 0.2) is 66.3 Å². The largest absolute Gasteiger partial charge is 0.490 e. The molecule has 16 nitrogen and oxygen atoms in total. The van der Waals surface area contributed by atoms with Crippen molar-refractivity contribution in [2.45, 2.75) is 97.7 Å². The number of likely N-dealkylation sites (tertiary alicyclic amines) is 1. The number of carbonyl (C=O) groups is 4. The minimum Gasteiger partial charge on any atom is -0.490 e. The highest BCUT2D eigenvalue weighted by Gasteiger charge is 2.51. The van der Waals surface area contributed by atoms with Crippen LogP contribution in [0.5, 0.6) is 5.75 Å². The summed E-state index contributed by atoms with van der Waals surface area (Å²) in [5, 5.41) is 29.2. The Morgan fingerprint density at radius 2 is 1.75 bits per heavy atom. The van der Waals surface area contributed by atoms with Gasteiger partial charge in [-0.15, -0.1) is 11.3 Å². The van der Waals surface area contributed by atoms with Crippen molar-refractivity contribution < 1.29 is 33.8 Å². The maximum Gasteiger partial charge on any atom is 0.253 e. The summed E-state index contributed by atoms with van der Waals surface area (Å²) in [6.45, 7) is 17.1. The van der Waals surface area contributed by atoms with Gasteiger partial charge in [-0.3, -0.25) is 24.1 Å². The number of anilines is 1. The number of benzene rings is 2. The summed E-state index contributed by atoms with van der Waals surface area (Å²) in [6, 6.07) is 16.3. The monoisotopic (exact) mass is 967 g/mol. The first-order valence-corrected chi connectivity index (χ1v) is 24.3. The zero-order valence-electron chi connectivity index (χ0n) is 39.8. The van der Waals surface area contributed by atoms with Gasteiger partial charge in [-0.25, -0.2) is 9.97 Å². The Hall–Kier alpha value is -5.64. The molecule has 0 spiro atoms. The Bertz CT molecular complexity index is 2480. The van der Waals surface area contributed by atoms with E-state index in [9.17, 15) is 24.3 Å². The van der Waals surface area contributed by atoms with E-state index in [4.69, 9.17) is 26.3 Å². The van der Waals surface area contributed by atoms with E-state index < -0.39 is 35.4 Å². The second kappa shape index (κ2) is 21.3. The minimum atomic E-state index is -0.963. The lowest BCUT2D eigenvalue weighted by Crippen LogP contribution is -2.63. The first-order chi connectivity index (χ1) is 32.3. The molecule has 2 saturated heterocycles. The Labute approximate surface area is 407 Å². The van der Waals surface area contributed by atoms with Gasteiger partial charge in [0.25, 0.3) is 5.91 Å². The number of rotatable bonds is 16. The van der Waals surface area contributed by atoms with Crippen molar-refractivity contribution >= 4 is 52.4 Å². The number of β-amino-alcohol motifs (C(OH)–C–C–N with tert-alkyl or cyclic N) is 1. The number of hydrogen-bond donors (Lipinski definition) is 4. The highest BCUT2D eigenvalue weighted by atomic mass is 35.5. The van der Waals surface area contributed by atoms with Gasteiger partial charge in [-0.2, -0.15) is 5.26 Å². The second-order valence-electron chi connectivity index (χ2n) is 19.6. The molecule has 1 unspecified atom stereocenters. The molecule has 4 heterocycles. The summed E-state index contributed by atoms with van der Waals surface area (Å²) in [4.78, 5) is 70.1. The maximum absolute atomic E-state index is 14.1. The van der Waals surface area contributed by atoms with Crippen molar-refractivity contribution in [2.75, 3.05) is 57.4 Å². The van der Waals surface area contributed by atoms with E-state index >= 15 is 0 Å². The van der Waals surface area contributed by atoms with Gasteiger partial charge in [0, 0.05) is 75.8 Å². The molecule has 3 fully saturated rings. The molecule has 18 heteroatoms. The number of ether oxygens (including phenoxy) is 2. The van der Waals surface area contributed by atoms with Crippen LogP contribution in [0.4, 0.5) is 5.82 Å². The minimum absolute atomic E-state index is 0.0176. The van der Waals surface area contributed by atoms with Gasteiger partial charge < -0.3 is 40.3 Å². The molecule has 0 radical (unpaired) electrons. The topological polar surface area (TPSA) is 202 Å². The van der Waals surface area contributed by atoms with Crippen molar-refractivity contribution in [3.63, 3.8) is 0 Å². The Morgan fingerprint density at radius 1 is 1.01 bits per heavy atom. The standard InChI is InChI=1S/C50H62ClN9O7S/c1-30(32-8-10-33(11-9-32)44-31(2)54-29-68-44)55-47(64)39-22-36(61)27-60(39)48(65)45(49(3,4)5)57-43(62)28-66-21-20-58-16-18-59(19-17-58)42-15-13-35(26-53-42)46(63)56-40-24-41(50(40,6)7)67-37-14-12-34(25-52)38(51)23-37/h8-15,23,26,29-30,36,39-41,45,61H,16-22,24,27-28H2,1-7H3,(H,55,64)(H,56,63)(H,57,62)/t30-,36+,39-,40-,41?,45+/m0/s1. The van der Waals surface area contributed by atoms with E-state index in [1.807, 2.05) is 90.4 Å². The van der Waals surface area contributed by atoms with E-state index in [-0.39, 0.29) is 55.0 Å². The smallest absolute Gasteiger partial charge is 0.253 e. The highest BCUT2D eigenvalue weighted by molar-refractivity contribution is 7.13. The number of carbonyl (C=O) groups excluding carboxylic acids is 4. The Morgan fingerprint density at radius 3 is 2.37 bits per heavy atom. The molecule has 68 heavy (non-hydrogen) atoms. The predicted molar refractivity (Wildman–Crippen MR) is 260 cm³/mol. The molecule has 4 amide bonds. The third-order valence-electron chi connectivity index (χ3n) is 13.4. The van der Waals surface area contributed by atoms with Crippen LogP contribution >= 0.6 is 22.9 Å². The average molecular weight is 969 g/mol. The van der Waals surface area contributed by atoms with E-state index in [0.717, 1.165) is 53.7 Å². The van der Waals surface area contributed by atoms with Gasteiger partial charge in [-0.05, 0) is 54.7 Å². The van der Waals surface area contributed by atoms with Crippen LogP contribution in [0, 0.1) is 29.1 Å². The summed E-state index contributed by atoms with van der Waals surface area (Å²) in [5.41, 5.74) is 4.55. The number of aryl methyl sites for hydroxylation is 1. The number of piperazine rings is 1. The van der Waals surface area contributed by atoms with Crippen molar-refractivity contribution in [2.24, 2.45) is 10.8 Å². The third-order valence-corrected chi connectivity index (χ3v) is 14.7. The molecule has 4 aromatic rings. The van der Waals surface area contributed by atoms with Gasteiger partial charge in [0.1, 0.15) is 42.4 Å². The average Bonchev–Trinajstić information content (AvgIpc) is 3.94. The Balaban J connectivity index is 0.817. The summed E-state index contributed by atoms with van der Waals surface area (Å²) >= 11 is 7.76. The molecule has 3 aliphatic rings. The van der Waals surface area contributed by atoms with Crippen LogP contribution in [0.2, 0.25) is 5.02 Å². The molecule has 1 saturated carbocycles. The van der Waals surface area contributed by atoms with Crippen LogP contribution in [-0.2, 0) is 19.1 Å². The van der Waals surface area contributed by atoms with E-state index in [1.54, 1.807) is 41.8 Å². The van der Waals surface area contributed by atoms with Crippen molar-refractivity contribution in [1.29, 1.82) is 5.26 Å². The fourth-order valence-corrected chi connectivity index (χ4v) is 9.91. The maximum atomic E-state index is 14.1. The van der Waals surface area contributed by atoms with Crippen LogP contribution in [-0.4, -0.2) is 131 Å². The molecule has 2 aliphatic heterocycles. The third kappa shape index (κ3) is 11.8. The molecular formula is C50H62ClN9O7S. The molecule has 362 valence electrons. The summed E-state index contributed by atoms with van der Waals surface area (Å²) in [5.74, 6) is -0.0863. The highest BCUT2D eigenvalue weighted by Crippen LogP contribution is 2.43.